The first-order valence-corrected chi connectivity index (χ1v) is 6.25. The summed E-state index contributed by atoms with van der Waals surface area (Å²) in [5.41, 5.74) is 3.23. The molecule has 0 aromatic heterocycles. The SMILES string of the molecule is CN1C(=O)Cc2cc(C3(CCO)COC3)ccc21. The third-order valence-electron chi connectivity index (χ3n) is 4.12. The van der Waals surface area contributed by atoms with Gasteiger partial charge in [0.2, 0.25) is 5.91 Å². The smallest absolute Gasteiger partial charge is 0.231 e. The number of hydrogen-bond acceptors (Lipinski definition) is 3. The Morgan fingerprint density at radius 3 is 2.83 bits per heavy atom. The van der Waals surface area contributed by atoms with Crippen LogP contribution < -0.4 is 4.90 Å². The van der Waals surface area contributed by atoms with Crippen LogP contribution in [0, 0.1) is 0 Å². The van der Waals surface area contributed by atoms with Crippen molar-refractivity contribution in [3.05, 3.63) is 29.3 Å². The Labute approximate surface area is 106 Å². The molecule has 1 aromatic rings. The van der Waals surface area contributed by atoms with Crippen LogP contribution in [0.25, 0.3) is 0 Å². The summed E-state index contributed by atoms with van der Waals surface area (Å²) in [7, 11) is 1.81. The summed E-state index contributed by atoms with van der Waals surface area (Å²) in [4.78, 5) is 13.4. The molecular weight excluding hydrogens is 230 g/mol. The van der Waals surface area contributed by atoms with Crippen molar-refractivity contribution >= 4 is 11.6 Å². The lowest BCUT2D eigenvalue weighted by Gasteiger charge is -2.42. The number of hydrogen-bond donors (Lipinski definition) is 1. The summed E-state index contributed by atoms with van der Waals surface area (Å²) in [6.07, 6.45) is 1.20. The summed E-state index contributed by atoms with van der Waals surface area (Å²) >= 11 is 0. The molecule has 3 rings (SSSR count). The van der Waals surface area contributed by atoms with E-state index in [0.717, 1.165) is 17.7 Å². The van der Waals surface area contributed by atoms with E-state index in [9.17, 15) is 9.90 Å². The van der Waals surface area contributed by atoms with Crippen molar-refractivity contribution in [2.45, 2.75) is 18.3 Å². The van der Waals surface area contributed by atoms with E-state index >= 15 is 0 Å². The molecule has 2 aliphatic rings. The highest BCUT2D eigenvalue weighted by Crippen LogP contribution is 2.39. The summed E-state index contributed by atoms with van der Waals surface area (Å²) in [6, 6.07) is 6.17. The molecule has 2 aliphatic heterocycles. The predicted octanol–water partition coefficient (Wildman–Crippen LogP) is 0.856. The fourth-order valence-corrected chi connectivity index (χ4v) is 2.82. The van der Waals surface area contributed by atoms with Crippen LogP contribution >= 0.6 is 0 Å². The van der Waals surface area contributed by atoms with E-state index in [1.807, 2.05) is 13.1 Å². The maximum atomic E-state index is 11.7. The van der Waals surface area contributed by atoms with Gasteiger partial charge in [0.05, 0.1) is 19.6 Å². The highest BCUT2D eigenvalue weighted by Gasteiger charge is 2.40. The maximum Gasteiger partial charge on any atom is 0.231 e. The summed E-state index contributed by atoms with van der Waals surface area (Å²) in [5.74, 6) is 0.142. The number of amides is 1. The van der Waals surface area contributed by atoms with Gasteiger partial charge in [0.25, 0.3) is 0 Å². The van der Waals surface area contributed by atoms with Crippen molar-refractivity contribution in [3.8, 4) is 0 Å². The summed E-state index contributed by atoms with van der Waals surface area (Å²) in [6.45, 7) is 1.49. The maximum absolute atomic E-state index is 11.7. The van der Waals surface area contributed by atoms with Gasteiger partial charge in [0, 0.05) is 24.8 Å². The van der Waals surface area contributed by atoms with Crippen LogP contribution in [-0.4, -0.2) is 37.9 Å². The number of fused-ring (bicyclic) bond motifs is 1. The molecule has 96 valence electrons. The minimum Gasteiger partial charge on any atom is -0.396 e. The molecular formula is C14H17NO3. The van der Waals surface area contributed by atoms with Gasteiger partial charge in [-0.15, -0.1) is 0 Å². The molecule has 1 saturated heterocycles. The number of carbonyl (C=O) groups is 1. The van der Waals surface area contributed by atoms with Gasteiger partial charge in [-0.3, -0.25) is 4.79 Å². The third-order valence-corrected chi connectivity index (χ3v) is 4.12. The zero-order valence-corrected chi connectivity index (χ0v) is 10.5. The molecule has 0 unspecified atom stereocenters. The van der Waals surface area contributed by atoms with E-state index in [4.69, 9.17) is 4.74 Å². The number of benzene rings is 1. The topological polar surface area (TPSA) is 49.8 Å². The highest BCUT2D eigenvalue weighted by atomic mass is 16.5. The number of anilines is 1. The van der Waals surface area contributed by atoms with Gasteiger partial charge in [-0.05, 0) is 23.6 Å². The molecule has 0 aliphatic carbocycles. The average molecular weight is 247 g/mol. The van der Waals surface area contributed by atoms with Gasteiger partial charge in [0.15, 0.2) is 0 Å². The van der Waals surface area contributed by atoms with Crippen LogP contribution in [0.2, 0.25) is 0 Å². The van der Waals surface area contributed by atoms with Crippen molar-refractivity contribution in [3.63, 3.8) is 0 Å². The van der Waals surface area contributed by atoms with Crippen molar-refractivity contribution in [1.82, 2.24) is 0 Å². The van der Waals surface area contributed by atoms with Crippen molar-refractivity contribution < 1.29 is 14.6 Å². The largest absolute Gasteiger partial charge is 0.396 e. The standard InChI is InChI=1S/C14H17NO3/c1-15-12-3-2-11(6-10(12)7-13(15)17)14(4-5-16)8-18-9-14/h2-3,6,16H,4-5,7-9H2,1H3. The first kappa shape index (κ1) is 11.7. The molecule has 2 heterocycles. The lowest BCUT2D eigenvalue weighted by molar-refractivity contribution is -0.117. The van der Waals surface area contributed by atoms with Crippen LogP contribution in [0.4, 0.5) is 5.69 Å². The number of likely N-dealkylation sites (N-methyl/N-ethyl adjacent to an activating group) is 1. The molecule has 0 saturated carbocycles. The molecule has 18 heavy (non-hydrogen) atoms. The fraction of sp³-hybridized carbons (Fsp3) is 0.500. The number of rotatable bonds is 3. The lowest BCUT2D eigenvalue weighted by atomic mass is 9.75. The molecule has 0 atom stereocenters. The monoisotopic (exact) mass is 247 g/mol. The van der Waals surface area contributed by atoms with Crippen LogP contribution in [-0.2, 0) is 21.4 Å². The van der Waals surface area contributed by atoms with Crippen molar-refractivity contribution in [2.24, 2.45) is 0 Å². The van der Waals surface area contributed by atoms with Crippen LogP contribution in [0.15, 0.2) is 18.2 Å². The first-order valence-electron chi connectivity index (χ1n) is 6.25. The second-order valence-electron chi connectivity index (χ2n) is 5.22. The van der Waals surface area contributed by atoms with Crippen molar-refractivity contribution in [2.75, 3.05) is 31.8 Å². The summed E-state index contributed by atoms with van der Waals surface area (Å²) < 4.78 is 5.32. The van der Waals surface area contributed by atoms with Gasteiger partial charge in [0.1, 0.15) is 0 Å². The molecule has 0 spiro atoms. The van der Waals surface area contributed by atoms with E-state index in [-0.39, 0.29) is 17.9 Å². The van der Waals surface area contributed by atoms with E-state index < -0.39 is 0 Å². The zero-order valence-electron chi connectivity index (χ0n) is 10.5. The van der Waals surface area contributed by atoms with E-state index in [0.29, 0.717) is 19.6 Å². The third kappa shape index (κ3) is 1.56. The Hall–Kier alpha value is -1.39. The molecule has 4 nitrogen and oxygen atoms in total. The second-order valence-corrected chi connectivity index (χ2v) is 5.22. The van der Waals surface area contributed by atoms with Gasteiger partial charge >= 0.3 is 0 Å². The number of nitrogens with zero attached hydrogens (tertiary/aromatic N) is 1. The second kappa shape index (κ2) is 4.07. The Bertz CT molecular complexity index is 494. The number of aliphatic hydroxyl groups excluding tert-OH is 1. The normalized spacial score (nSPS) is 20.8. The first-order chi connectivity index (χ1) is 8.66. The van der Waals surface area contributed by atoms with Crippen LogP contribution in [0.1, 0.15) is 17.5 Å². The highest BCUT2D eigenvalue weighted by molar-refractivity contribution is 6.00. The Morgan fingerprint density at radius 1 is 1.44 bits per heavy atom. The Kier molecular flexibility index (Phi) is 2.64. The van der Waals surface area contributed by atoms with Crippen LogP contribution in [0.5, 0.6) is 0 Å². The van der Waals surface area contributed by atoms with Gasteiger partial charge in [-0.25, -0.2) is 0 Å². The zero-order chi connectivity index (χ0) is 12.8. The molecule has 0 radical (unpaired) electrons. The van der Waals surface area contributed by atoms with Gasteiger partial charge in [-0.1, -0.05) is 12.1 Å². The summed E-state index contributed by atoms with van der Waals surface area (Å²) in [5, 5.41) is 9.19. The molecule has 1 N–H and O–H groups in total. The van der Waals surface area contributed by atoms with Gasteiger partial charge in [-0.2, -0.15) is 0 Å². The number of carbonyl (C=O) groups excluding carboxylic acids is 1. The van der Waals surface area contributed by atoms with Crippen LogP contribution in [0.3, 0.4) is 0 Å². The van der Waals surface area contributed by atoms with E-state index in [1.165, 1.54) is 5.56 Å². The minimum atomic E-state index is -0.0476. The average Bonchev–Trinajstić information content (AvgIpc) is 2.59. The minimum absolute atomic E-state index is 0.0476. The fourth-order valence-electron chi connectivity index (χ4n) is 2.82. The number of aliphatic hydroxyl groups is 1. The Morgan fingerprint density at radius 2 is 2.22 bits per heavy atom. The Balaban J connectivity index is 1.96. The molecule has 4 heteroatoms. The predicted molar refractivity (Wildman–Crippen MR) is 67.8 cm³/mol. The lowest BCUT2D eigenvalue weighted by Crippen LogP contribution is -2.47. The number of ether oxygens (including phenoxy) is 1. The van der Waals surface area contributed by atoms with Gasteiger partial charge < -0.3 is 14.7 Å². The van der Waals surface area contributed by atoms with E-state index in [2.05, 4.69) is 12.1 Å². The van der Waals surface area contributed by atoms with Crippen molar-refractivity contribution in [1.29, 1.82) is 0 Å². The van der Waals surface area contributed by atoms with E-state index in [1.54, 1.807) is 4.90 Å². The molecule has 1 fully saturated rings. The molecule has 0 bridgehead atoms. The quantitative estimate of drug-likeness (QED) is 0.861. The molecule has 1 amide bonds. The molecule has 1 aromatic carbocycles.